The van der Waals surface area contributed by atoms with Gasteiger partial charge in [-0.25, -0.2) is 0 Å². The number of nitro groups is 1. The van der Waals surface area contributed by atoms with Crippen molar-refractivity contribution >= 4 is 8.32 Å². The quantitative estimate of drug-likeness (QED) is 0.418. The van der Waals surface area contributed by atoms with Crippen LogP contribution in [0, 0.1) is 26.9 Å². The summed E-state index contributed by atoms with van der Waals surface area (Å²) in [6.07, 6.45) is 3.79. The second-order valence-electron chi connectivity index (χ2n) is 8.91. The smallest absolute Gasteiger partial charge is 0.270 e. The Morgan fingerprint density at radius 2 is 1.96 bits per heavy atom. The summed E-state index contributed by atoms with van der Waals surface area (Å²) in [5.74, 6) is 0.694. The first-order valence-corrected chi connectivity index (χ1v) is 11.8. The Kier molecular flexibility index (Phi) is 5.10. The number of rotatable bonds is 4. The average molecular weight is 367 g/mol. The second kappa shape index (κ2) is 6.40. The van der Waals surface area contributed by atoms with Gasteiger partial charge in [-0.1, -0.05) is 27.2 Å². The number of nitrogens with zero attached hydrogens (tertiary/aromatic N) is 2. The Balaban J connectivity index is 2.52. The lowest BCUT2D eigenvalue weighted by Crippen LogP contribution is -2.64. The van der Waals surface area contributed by atoms with Crippen LogP contribution in [-0.2, 0) is 9.16 Å². The number of allylic oxidation sites excluding steroid dienone is 1. The van der Waals surface area contributed by atoms with Crippen molar-refractivity contribution < 1.29 is 14.1 Å². The minimum absolute atomic E-state index is 0.0143. The Labute approximate surface area is 151 Å². The van der Waals surface area contributed by atoms with Gasteiger partial charge in [0.05, 0.1) is 11.8 Å². The molecule has 0 saturated heterocycles. The van der Waals surface area contributed by atoms with Crippen molar-refractivity contribution in [2.24, 2.45) is 5.41 Å². The first kappa shape index (κ1) is 19.9. The summed E-state index contributed by atoms with van der Waals surface area (Å²) in [4.78, 5) is 11.8. The normalized spacial score (nSPS) is 33.0. The van der Waals surface area contributed by atoms with E-state index >= 15 is 0 Å². The fraction of sp³-hybridized carbons (Fsp3) is 0.833. The fourth-order valence-electron chi connectivity index (χ4n) is 3.97. The third-order valence-electron chi connectivity index (χ3n) is 6.51. The molecule has 0 N–H and O–H groups in total. The summed E-state index contributed by atoms with van der Waals surface area (Å²) in [5.41, 5.74) is -2.45. The Bertz CT molecular complexity index is 620. The maximum absolute atomic E-state index is 12.1. The minimum Gasteiger partial charge on any atom is -0.547 e. The number of hydrogen-bond acceptors (Lipinski definition) is 5. The van der Waals surface area contributed by atoms with E-state index in [9.17, 15) is 15.4 Å². The fourth-order valence-corrected chi connectivity index (χ4v) is 5.07. The van der Waals surface area contributed by atoms with Crippen molar-refractivity contribution in [2.75, 3.05) is 7.11 Å². The Morgan fingerprint density at radius 3 is 2.44 bits per heavy atom. The molecule has 1 saturated carbocycles. The summed E-state index contributed by atoms with van der Waals surface area (Å²) in [7, 11) is -0.607. The van der Waals surface area contributed by atoms with Gasteiger partial charge in [0.1, 0.15) is 5.41 Å². The van der Waals surface area contributed by atoms with Gasteiger partial charge >= 0.3 is 0 Å². The zero-order valence-corrected chi connectivity index (χ0v) is 17.2. The molecule has 0 radical (unpaired) electrons. The van der Waals surface area contributed by atoms with E-state index in [1.165, 1.54) is 7.11 Å². The highest BCUT2D eigenvalue weighted by atomic mass is 28.4. The highest BCUT2D eigenvalue weighted by molar-refractivity contribution is 6.74. The summed E-state index contributed by atoms with van der Waals surface area (Å²) < 4.78 is 12.0. The van der Waals surface area contributed by atoms with Gasteiger partial charge in [-0.05, 0) is 37.0 Å². The van der Waals surface area contributed by atoms with Gasteiger partial charge < -0.3 is 9.16 Å². The first-order chi connectivity index (χ1) is 11.5. The van der Waals surface area contributed by atoms with Crippen molar-refractivity contribution in [2.45, 2.75) is 82.7 Å². The molecule has 2 aliphatic rings. The summed E-state index contributed by atoms with van der Waals surface area (Å²) in [5, 5.41) is 22.1. The SMILES string of the molecule is CO[C@@H]1C=C(O[Si](C)(C)C(C)(C)C)C[C@@]2(C#N)CCCC[C@@]12[N+](=O)[O-]. The lowest BCUT2D eigenvalue weighted by Gasteiger charge is -2.49. The topological polar surface area (TPSA) is 85.4 Å². The number of methoxy groups -OCH3 is 1. The highest BCUT2D eigenvalue weighted by Gasteiger charge is 2.69. The molecule has 0 aliphatic heterocycles. The molecule has 0 aromatic carbocycles. The predicted octanol–water partition coefficient (Wildman–Crippen LogP) is 4.41. The third-order valence-corrected chi connectivity index (χ3v) is 10.9. The van der Waals surface area contributed by atoms with Gasteiger partial charge in [-0.2, -0.15) is 5.26 Å². The van der Waals surface area contributed by atoms with Crippen LogP contribution in [0.5, 0.6) is 0 Å². The predicted molar refractivity (Wildman–Crippen MR) is 98.0 cm³/mol. The van der Waals surface area contributed by atoms with E-state index in [2.05, 4.69) is 39.9 Å². The van der Waals surface area contributed by atoms with Gasteiger partial charge in [0, 0.05) is 24.9 Å². The standard InChI is InChI=1S/C18H30N2O4Si/c1-16(2,3)25(5,6)24-14-11-15(23-4)18(20(21)22)10-8-7-9-17(18,12-14)13-19/h11,15H,7-10,12H2,1-6H3/t15-,17-,18-/m1/s1. The number of ether oxygens (including phenoxy) is 1. The molecule has 2 aliphatic carbocycles. The Hall–Kier alpha value is -1.39. The van der Waals surface area contributed by atoms with E-state index in [0.717, 1.165) is 12.8 Å². The lowest BCUT2D eigenvalue weighted by atomic mass is 9.55. The van der Waals surface area contributed by atoms with E-state index < -0.39 is 25.4 Å². The summed E-state index contributed by atoms with van der Waals surface area (Å²) in [6.45, 7) is 10.7. The van der Waals surface area contributed by atoms with E-state index in [0.29, 0.717) is 25.0 Å². The molecule has 0 bridgehead atoms. The Morgan fingerprint density at radius 1 is 1.36 bits per heavy atom. The maximum Gasteiger partial charge on any atom is 0.270 e. The molecule has 7 heteroatoms. The zero-order chi connectivity index (χ0) is 19.1. The third kappa shape index (κ3) is 3.00. The molecule has 0 spiro atoms. The van der Waals surface area contributed by atoms with E-state index in [-0.39, 0.29) is 9.96 Å². The van der Waals surface area contributed by atoms with Crippen LogP contribution in [0.15, 0.2) is 11.8 Å². The molecular formula is C18H30N2O4Si. The van der Waals surface area contributed by atoms with Crippen LogP contribution in [0.3, 0.4) is 0 Å². The average Bonchev–Trinajstić information content (AvgIpc) is 2.51. The highest BCUT2D eigenvalue weighted by Crippen LogP contribution is 2.56. The van der Waals surface area contributed by atoms with E-state index in [1.54, 1.807) is 6.08 Å². The maximum atomic E-state index is 12.1. The number of fused-ring (bicyclic) bond motifs is 1. The van der Waals surface area contributed by atoms with Crippen molar-refractivity contribution in [3.05, 3.63) is 21.9 Å². The molecule has 6 nitrogen and oxygen atoms in total. The van der Waals surface area contributed by atoms with Crippen LogP contribution >= 0.6 is 0 Å². The van der Waals surface area contributed by atoms with Crippen LogP contribution in [-0.4, -0.2) is 32.0 Å². The van der Waals surface area contributed by atoms with Crippen molar-refractivity contribution in [3.63, 3.8) is 0 Å². The summed E-state index contributed by atoms with van der Waals surface area (Å²) in [6, 6.07) is 2.33. The van der Waals surface area contributed by atoms with Gasteiger partial charge in [-0.3, -0.25) is 10.1 Å². The molecule has 1 fully saturated rings. The monoisotopic (exact) mass is 366 g/mol. The van der Waals surface area contributed by atoms with Crippen LogP contribution in [0.1, 0.15) is 52.9 Å². The van der Waals surface area contributed by atoms with E-state index in [4.69, 9.17) is 9.16 Å². The minimum atomic E-state index is -2.09. The number of nitriles is 1. The molecule has 0 heterocycles. The molecule has 25 heavy (non-hydrogen) atoms. The van der Waals surface area contributed by atoms with E-state index in [1.807, 2.05) is 0 Å². The van der Waals surface area contributed by atoms with Gasteiger partial charge in [0.25, 0.3) is 5.54 Å². The molecule has 0 aromatic heterocycles. The van der Waals surface area contributed by atoms with Crippen LogP contribution in [0.4, 0.5) is 0 Å². The van der Waals surface area contributed by atoms with Crippen molar-refractivity contribution in [1.82, 2.24) is 0 Å². The van der Waals surface area contributed by atoms with Gasteiger partial charge in [-0.15, -0.1) is 0 Å². The molecule has 3 atom stereocenters. The molecular weight excluding hydrogens is 336 g/mol. The molecule has 140 valence electrons. The van der Waals surface area contributed by atoms with Crippen molar-refractivity contribution in [1.29, 1.82) is 5.26 Å². The van der Waals surface area contributed by atoms with Crippen LogP contribution in [0.2, 0.25) is 18.1 Å². The van der Waals surface area contributed by atoms with Crippen LogP contribution in [0.25, 0.3) is 0 Å². The molecule has 0 unspecified atom stereocenters. The zero-order valence-electron chi connectivity index (χ0n) is 16.2. The molecule has 2 rings (SSSR count). The number of hydrogen-bond donors (Lipinski definition) is 0. The molecule has 0 aromatic rings. The van der Waals surface area contributed by atoms with Crippen molar-refractivity contribution in [3.8, 4) is 6.07 Å². The second-order valence-corrected chi connectivity index (χ2v) is 13.6. The largest absolute Gasteiger partial charge is 0.547 e. The molecule has 0 amide bonds. The van der Waals surface area contributed by atoms with Gasteiger partial charge in [0.2, 0.25) is 8.32 Å². The lowest BCUT2D eigenvalue weighted by molar-refractivity contribution is -0.605. The van der Waals surface area contributed by atoms with Crippen LogP contribution < -0.4 is 0 Å². The van der Waals surface area contributed by atoms with Gasteiger partial charge in [0.15, 0.2) is 6.10 Å². The summed E-state index contributed by atoms with van der Waals surface area (Å²) >= 11 is 0. The first-order valence-electron chi connectivity index (χ1n) is 8.94.